The number of anilines is 1. The molecule has 7 heteroatoms. The molecule has 0 fully saturated rings. The molecule has 0 radical (unpaired) electrons. The van der Waals surface area contributed by atoms with Crippen molar-refractivity contribution in [3.63, 3.8) is 0 Å². The van der Waals surface area contributed by atoms with Crippen molar-refractivity contribution >= 4 is 29.2 Å². The largest absolute Gasteiger partial charge is 0.459 e. The van der Waals surface area contributed by atoms with E-state index in [0.717, 1.165) is 11.3 Å². The summed E-state index contributed by atoms with van der Waals surface area (Å²) in [5.74, 6) is -1.71. The van der Waals surface area contributed by atoms with E-state index < -0.39 is 11.9 Å². The molecule has 0 saturated heterocycles. The number of esters is 1. The zero-order valence-corrected chi connectivity index (χ0v) is 14.0. The van der Waals surface area contributed by atoms with E-state index in [0.29, 0.717) is 22.9 Å². The van der Waals surface area contributed by atoms with Crippen molar-refractivity contribution in [3.8, 4) is 0 Å². The topological polar surface area (TPSA) is 73.2 Å². The third-order valence-electron chi connectivity index (χ3n) is 3.33. The number of aryl methyl sites for hydroxylation is 1. The van der Waals surface area contributed by atoms with Crippen LogP contribution in [0.5, 0.6) is 0 Å². The molecular weight excluding hydrogens is 318 g/mol. The second-order valence-corrected chi connectivity index (χ2v) is 5.44. The first kappa shape index (κ1) is 17.0. The lowest BCUT2D eigenvalue weighted by atomic mass is 10.2. The maximum Gasteiger partial charge on any atom is 0.397 e. The first-order chi connectivity index (χ1) is 10.9. The molecule has 0 aliphatic carbocycles. The van der Waals surface area contributed by atoms with Gasteiger partial charge in [-0.05, 0) is 38.5 Å². The van der Waals surface area contributed by atoms with Crippen molar-refractivity contribution in [2.75, 3.05) is 11.9 Å². The molecule has 1 N–H and O–H groups in total. The van der Waals surface area contributed by atoms with Gasteiger partial charge in [0.15, 0.2) is 0 Å². The van der Waals surface area contributed by atoms with E-state index in [9.17, 15) is 9.59 Å². The van der Waals surface area contributed by atoms with Gasteiger partial charge in [0.25, 0.3) is 0 Å². The quantitative estimate of drug-likeness (QED) is 0.688. The van der Waals surface area contributed by atoms with E-state index in [1.54, 1.807) is 18.5 Å². The highest BCUT2D eigenvalue weighted by Gasteiger charge is 2.20. The van der Waals surface area contributed by atoms with Gasteiger partial charge in [0.2, 0.25) is 0 Å². The van der Waals surface area contributed by atoms with Gasteiger partial charge in [0.1, 0.15) is 0 Å². The average Bonchev–Trinajstić information content (AvgIpc) is 2.77. The Bertz CT molecular complexity index is 723. The monoisotopic (exact) mass is 335 g/mol. The van der Waals surface area contributed by atoms with Gasteiger partial charge in [-0.25, -0.2) is 4.79 Å². The van der Waals surface area contributed by atoms with E-state index in [4.69, 9.17) is 11.6 Å². The van der Waals surface area contributed by atoms with E-state index in [1.807, 2.05) is 31.2 Å². The lowest BCUT2D eigenvalue weighted by molar-refractivity contribution is -0.152. The molecule has 0 aliphatic heterocycles. The van der Waals surface area contributed by atoms with Crippen molar-refractivity contribution in [1.82, 2.24) is 9.78 Å². The number of amides is 1. The Labute approximate surface area is 139 Å². The Hall–Kier alpha value is -2.34. The van der Waals surface area contributed by atoms with Crippen LogP contribution in [-0.2, 0) is 20.9 Å². The zero-order valence-electron chi connectivity index (χ0n) is 13.2. The SMILES string of the molecule is CCOC(=O)C(=O)Nc1c(C)nn(Cc2ccc(Cl)cc2)c1C. The number of carbonyl (C=O) groups is 2. The highest BCUT2D eigenvalue weighted by atomic mass is 35.5. The van der Waals surface area contributed by atoms with Crippen LogP contribution in [0.25, 0.3) is 0 Å². The van der Waals surface area contributed by atoms with Crippen LogP contribution in [0.4, 0.5) is 5.69 Å². The molecule has 0 atom stereocenters. The molecule has 2 aromatic rings. The molecule has 0 aliphatic rings. The minimum atomic E-state index is -0.906. The molecule has 0 spiro atoms. The smallest absolute Gasteiger partial charge is 0.397 e. The number of aromatic nitrogens is 2. The second-order valence-electron chi connectivity index (χ2n) is 5.00. The summed E-state index contributed by atoms with van der Waals surface area (Å²) in [4.78, 5) is 23.2. The van der Waals surface area contributed by atoms with Crippen molar-refractivity contribution in [3.05, 3.63) is 46.2 Å². The van der Waals surface area contributed by atoms with Gasteiger partial charge in [-0.15, -0.1) is 0 Å². The van der Waals surface area contributed by atoms with E-state index in [2.05, 4.69) is 15.2 Å². The Balaban J connectivity index is 2.17. The molecule has 2 rings (SSSR count). The standard InChI is InChI=1S/C16H18ClN3O3/c1-4-23-16(22)15(21)18-14-10(2)19-20(11(14)3)9-12-5-7-13(17)8-6-12/h5-8H,4,9H2,1-3H3,(H,18,21). The van der Waals surface area contributed by atoms with Gasteiger partial charge in [0.05, 0.1) is 30.2 Å². The van der Waals surface area contributed by atoms with Crippen LogP contribution in [0.2, 0.25) is 5.02 Å². The lowest BCUT2D eigenvalue weighted by Crippen LogP contribution is -2.25. The Morgan fingerprint density at radius 3 is 2.52 bits per heavy atom. The first-order valence-corrected chi connectivity index (χ1v) is 7.56. The maximum absolute atomic E-state index is 11.8. The van der Waals surface area contributed by atoms with Crippen molar-refractivity contribution < 1.29 is 14.3 Å². The number of nitrogens with one attached hydrogen (secondary N) is 1. The fraction of sp³-hybridized carbons (Fsp3) is 0.312. The Morgan fingerprint density at radius 1 is 1.26 bits per heavy atom. The fourth-order valence-electron chi connectivity index (χ4n) is 2.16. The number of hydrogen-bond donors (Lipinski definition) is 1. The molecule has 1 aromatic carbocycles. The summed E-state index contributed by atoms with van der Waals surface area (Å²) < 4.78 is 6.44. The van der Waals surface area contributed by atoms with Gasteiger partial charge in [-0.2, -0.15) is 5.10 Å². The van der Waals surface area contributed by atoms with Gasteiger partial charge < -0.3 is 10.1 Å². The summed E-state index contributed by atoms with van der Waals surface area (Å²) in [6.07, 6.45) is 0. The number of ether oxygens (including phenoxy) is 1. The number of halogens is 1. The summed E-state index contributed by atoms with van der Waals surface area (Å²) in [6, 6.07) is 7.45. The molecule has 1 heterocycles. The highest BCUT2D eigenvalue weighted by molar-refractivity contribution is 6.37. The maximum atomic E-state index is 11.8. The molecule has 0 saturated carbocycles. The third-order valence-corrected chi connectivity index (χ3v) is 3.58. The summed E-state index contributed by atoms with van der Waals surface area (Å²) in [7, 11) is 0. The Morgan fingerprint density at radius 2 is 1.91 bits per heavy atom. The molecule has 122 valence electrons. The van der Waals surface area contributed by atoms with E-state index in [1.165, 1.54) is 0 Å². The first-order valence-electron chi connectivity index (χ1n) is 7.19. The summed E-state index contributed by atoms with van der Waals surface area (Å²) in [5.41, 5.74) is 2.95. The van der Waals surface area contributed by atoms with Crippen LogP contribution in [0.3, 0.4) is 0 Å². The van der Waals surface area contributed by atoms with Crippen LogP contribution in [-0.4, -0.2) is 28.3 Å². The van der Waals surface area contributed by atoms with Gasteiger partial charge in [-0.3, -0.25) is 9.48 Å². The minimum Gasteiger partial charge on any atom is -0.459 e. The normalized spacial score (nSPS) is 10.4. The number of nitrogens with zero attached hydrogens (tertiary/aromatic N) is 2. The van der Waals surface area contributed by atoms with Crippen molar-refractivity contribution in [1.29, 1.82) is 0 Å². The molecular formula is C16H18ClN3O3. The van der Waals surface area contributed by atoms with Crippen LogP contribution in [0, 0.1) is 13.8 Å². The Kier molecular flexibility index (Phi) is 5.39. The van der Waals surface area contributed by atoms with Crippen molar-refractivity contribution in [2.45, 2.75) is 27.3 Å². The van der Waals surface area contributed by atoms with Crippen LogP contribution < -0.4 is 5.32 Å². The van der Waals surface area contributed by atoms with Crippen LogP contribution >= 0.6 is 11.6 Å². The summed E-state index contributed by atoms with van der Waals surface area (Å²) in [5, 5.41) is 7.63. The van der Waals surface area contributed by atoms with Gasteiger partial charge >= 0.3 is 11.9 Å². The lowest BCUT2D eigenvalue weighted by Gasteiger charge is -2.07. The highest BCUT2D eigenvalue weighted by Crippen LogP contribution is 2.21. The minimum absolute atomic E-state index is 0.153. The average molecular weight is 336 g/mol. The van der Waals surface area contributed by atoms with Crippen molar-refractivity contribution in [2.24, 2.45) is 0 Å². The predicted octanol–water partition coefficient (Wildman–Crippen LogP) is 2.70. The molecule has 1 amide bonds. The van der Waals surface area contributed by atoms with Crippen LogP contribution in [0.1, 0.15) is 23.9 Å². The fourth-order valence-corrected chi connectivity index (χ4v) is 2.28. The third kappa shape index (κ3) is 4.10. The molecule has 23 heavy (non-hydrogen) atoms. The molecule has 0 bridgehead atoms. The number of hydrogen-bond acceptors (Lipinski definition) is 4. The van der Waals surface area contributed by atoms with Gasteiger partial charge in [-0.1, -0.05) is 23.7 Å². The number of benzene rings is 1. The van der Waals surface area contributed by atoms with E-state index in [-0.39, 0.29) is 6.61 Å². The summed E-state index contributed by atoms with van der Waals surface area (Å²) >= 11 is 5.87. The van der Waals surface area contributed by atoms with Gasteiger partial charge in [0, 0.05) is 5.02 Å². The van der Waals surface area contributed by atoms with E-state index >= 15 is 0 Å². The predicted molar refractivity (Wildman–Crippen MR) is 87.5 cm³/mol. The molecule has 1 aromatic heterocycles. The zero-order chi connectivity index (χ0) is 17.0. The van der Waals surface area contributed by atoms with Crippen LogP contribution in [0.15, 0.2) is 24.3 Å². The molecule has 6 nitrogen and oxygen atoms in total. The second kappa shape index (κ2) is 7.28. The number of carbonyl (C=O) groups excluding carboxylic acids is 2. The summed E-state index contributed by atoms with van der Waals surface area (Å²) in [6.45, 7) is 5.94. The number of rotatable bonds is 4. The molecule has 0 unspecified atom stereocenters.